The highest BCUT2D eigenvalue weighted by Crippen LogP contribution is 2.42. The number of likely N-dealkylation sites (tertiary alicyclic amines) is 1. The average Bonchev–Trinajstić information content (AvgIpc) is 2.72. The first-order valence-electron chi connectivity index (χ1n) is 10.2. The summed E-state index contributed by atoms with van der Waals surface area (Å²) in [6.07, 6.45) is 2.98. The molecule has 1 saturated heterocycles. The quantitative estimate of drug-likeness (QED) is 0.573. The van der Waals surface area contributed by atoms with E-state index in [1.54, 1.807) is 11.9 Å². The summed E-state index contributed by atoms with van der Waals surface area (Å²) in [4.78, 5) is 31.2. The van der Waals surface area contributed by atoms with Crippen molar-refractivity contribution in [1.29, 1.82) is 0 Å². The van der Waals surface area contributed by atoms with Gasteiger partial charge in [0.15, 0.2) is 0 Å². The van der Waals surface area contributed by atoms with Crippen molar-refractivity contribution in [2.24, 2.45) is 11.8 Å². The number of benzene rings is 2. The van der Waals surface area contributed by atoms with E-state index in [1.807, 2.05) is 53.4 Å². The van der Waals surface area contributed by atoms with E-state index < -0.39 is 0 Å². The van der Waals surface area contributed by atoms with Gasteiger partial charge < -0.3 is 9.80 Å². The predicted octanol–water partition coefficient (Wildman–Crippen LogP) is 5.57. The van der Waals surface area contributed by atoms with E-state index in [0.29, 0.717) is 27.3 Å². The Morgan fingerprint density at radius 3 is 2.53 bits per heavy atom. The molecule has 4 rings (SSSR count). The van der Waals surface area contributed by atoms with Gasteiger partial charge in [-0.05, 0) is 54.2 Å². The fourth-order valence-corrected chi connectivity index (χ4v) is 5.55. The van der Waals surface area contributed by atoms with Gasteiger partial charge in [0.1, 0.15) is 0 Å². The number of halogens is 1. The molecule has 30 heavy (non-hydrogen) atoms. The zero-order valence-corrected chi connectivity index (χ0v) is 19.0. The number of anilines is 1. The second-order valence-corrected chi connectivity index (χ2v) is 9.83. The number of likely N-dealkylation sites (N-methyl/N-ethyl adjacent to an activating group) is 1. The van der Waals surface area contributed by atoms with Crippen LogP contribution in [0.2, 0.25) is 5.02 Å². The Morgan fingerprint density at radius 1 is 1.13 bits per heavy atom. The summed E-state index contributed by atoms with van der Waals surface area (Å²) in [5, 5.41) is 0.609. The van der Waals surface area contributed by atoms with Crippen LogP contribution < -0.4 is 4.90 Å². The Kier molecular flexibility index (Phi) is 5.94. The lowest BCUT2D eigenvalue weighted by atomic mass is 9.91. The summed E-state index contributed by atoms with van der Waals surface area (Å²) in [6, 6.07) is 13.1. The third kappa shape index (κ3) is 4.14. The Labute approximate surface area is 186 Å². The molecule has 6 heteroatoms. The van der Waals surface area contributed by atoms with Gasteiger partial charge in [-0.2, -0.15) is 0 Å². The minimum Gasteiger partial charge on any atom is -0.338 e. The van der Waals surface area contributed by atoms with E-state index in [-0.39, 0.29) is 11.8 Å². The predicted molar refractivity (Wildman–Crippen MR) is 124 cm³/mol. The molecule has 2 aliphatic rings. The third-order valence-electron chi connectivity index (χ3n) is 5.65. The van der Waals surface area contributed by atoms with Gasteiger partial charge in [0.05, 0.1) is 10.6 Å². The summed E-state index contributed by atoms with van der Waals surface area (Å²) in [5.41, 5.74) is 2.21. The van der Waals surface area contributed by atoms with Gasteiger partial charge in [-0.3, -0.25) is 9.59 Å². The van der Waals surface area contributed by atoms with Gasteiger partial charge in [-0.25, -0.2) is 0 Å². The van der Waals surface area contributed by atoms with Crippen molar-refractivity contribution in [3.8, 4) is 0 Å². The molecule has 2 atom stereocenters. The van der Waals surface area contributed by atoms with Gasteiger partial charge in [0.2, 0.25) is 0 Å². The summed E-state index contributed by atoms with van der Waals surface area (Å²) in [5.74, 6) is 0.956. The number of hydrogen-bond acceptors (Lipinski definition) is 3. The zero-order chi connectivity index (χ0) is 21.4. The molecule has 2 amide bonds. The highest BCUT2D eigenvalue weighted by atomic mass is 35.5. The number of carbonyl (C=O) groups excluding carboxylic acids is 2. The molecular weight excluding hydrogens is 416 g/mol. The van der Waals surface area contributed by atoms with Crippen molar-refractivity contribution in [3.05, 3.63) is 63.5 Å². The summed E-state index contributed by atoms with van der Waals surface area (Å²) < 4.78 is 0. The van der Waals surface area contributed by atoms with E-state index in [4.69, 9.17) is 11.6 Å². The second-order valence-electron chi connectivity index (χ2n) is 8.34. The van der Waals surface area contributed by atoms with Crippen molar-refractivity contribution < 1.29 is 9.59 Å². The van der Waals surface area contributed by atoms with Crippen molar-refractivity contribution in [1.82, 2.24) is 4.90 Å². The fraction of sp³-hybridized carbons (Fsp3) is 0.333. The molecule has 0 N–H and O–H groups in total. The minimum atomic E-state index is -0.0998. The maximum atomic E-state index is 13.1. The molecular formula is C24H25ClN2O2S. The highest BCUT2D eigenvalue weighted by Gasteiger charge is 2.30. The summed E-state index contributed by atoms with van der Waals surface area (Å²) in [7, 11) is 1.75. The number of rotatable bonds is 2. The molecule has 2 aromatic carbocycles. The number of carbonyl (C=O) groups is 2. The number of thioether (sulfide) groups is 1. The molecule has 2 aromatic rings. The van der Waals surface area contributed by atoms with E-state index >= 15 is 0 Å². The van der Waals surface area contributed by atoms with E-state index in [1.165, 1.54) is 11.8 Å². The molecule has 2 aliphatic heterocycles. The lowest BCUT2D eigenvalue weighted by Gasteiger charge is -2.35. The Balaban J connectivity index is 1.62. The number of nitrogens with zero attached hydrogens (tertiary/aromatic N) is 2. The number of hydrogen-bond donors (Lipinski definition) is 0. The van der Waals surface area contributed by atoms with Gasteiger partial charge in [-0.15, -0.1) is 0 Å². The Hall–Kier alpha value is -2.24. The second kappa shape index (κ2) is 8.48. The third-order valence-corrected chi connectivity index (χ3v) is 7.07. The van der Waals surface area contributed by atoms with Crippen LogP contribution in [0.4, 0.5) is 5.69 Å². The van der Waals surface area contributed by atoms with Crippen molar-refractivity contribution in [2.45, 2.75) is 25.2 Å². The molecule has 0 unspecified atom stereocenters. The van der Waals surface area contributed by atoms with Gasteiger partial charge in [-0.1, -0.05) is 55.4 Å². The average molecular weight is 441 g/mol. The topological polar surface area (TPSA) is 40.6 Å². The smallest absolute Gasteiger partial charge is 0.264 e. The van der Waals surface area contributed by atoms with Crippen molar-refractivity contribution in [3.63, 3.8) is 0 Å². The SMILES string of the molecule is C[C@@H]1C[C@@H](C)CN(C(=O)c2ccc3c(c2)N(C)C(=O)/C(=C/c2ccccc2Cl)S3)C1. The van der Waals surface area contributed by atoms with Crippen LogP contribution in [-0.4, -0.2) is 36.9 Å². The van der Waals surface area contributed by atoms with Crippen LogP contribution in [-0.2, 0) is 4.79 Å². The van der Waals surface area contributed by atoms with Crippen LogP contribution in [0.3, 0.4) is 0 Å². The molecule has 0 saturated carbocycles. The summed E-state index contributed by atoms with van der Waals surface area (Å²) in [6.45, 7) is 5.96. The van der Waals surface area contributed by atoms with Crippen LogP contribution >= 0.6 is 23.4 Å². The van der Waals surface area contributed by atoms with E-state index in [2.05, 4.69) is 13.8 Å². The van der Waals surface area contributed by atoms with Gasteiger partial charge in [0, 0.05) is 35.6 Å². The van der Waals surface area contributed by atoms with E-state index in [0.717, 1.165) is 35.7 Å². The number of amides is 2. The monoisotopic (exact) mass is 440 g/mol. The molecule has 0 radical (unpaired) electrons. The fourth-order valence-electron chi connectivity index (χ4n) is 4.27. The molecule has 4 nitrogen and oxygen atoms in total. The maximum Gasteiger partial charge on any atom is 0.264 e. The molecule has 0 spiro atoms. The van der Waals surface area contributed by atoms with Crippen LogP contribution in [0.15, 0.2) is 52.3 Å². The number of fused-ring (bicyclic) bond motifs is 1. The standard InChI is InChI=1S/C24H25ClN2O2S/c1-15-10-16(2)14-27(13-15)23(28)18-8-9-21-20(11-18)26(3)24(29)22(30-21)12-17-6-4-5-7-19(17)25/h4-9,11-12,15-16H,10,13-14H2,1-3H3/b22-12-/t15-,16-/m1/s1. The van der Waals surface area contributed by atoms with Crippen LogP contribution in [0.1, 0.15) is 36.2 Å². The first-order valence-corrected chi connectivity index (χ1v) is 11.4. The summed E-state index contributed by atoms with van der Waals surface area (Å²) >= 11 is 7.67. The first kappa shape index (κ1) is 21.0. The van der Waals surface area contributed by atoms with Crippen molar-refractivity contribution >= 4 is 46.9 Å². The largest absolute Gasteiger partial charge is 0.338 e. The zero-order valence-electron chi connectivity index (χ0n) is 17.4. The van der Waals surface area contributed by atoms with Crippen LogP contribution in [0.25, 0.3) is 6.08 Å². The molecule has 0 aliphatic carbocycles. The maximum absolute atomic E-state index is 13.1. The first-order chi connectivity index (χ1) is 14.3. The molecule has 0 aromatic heterocycles. The highest BCUT2D eigenvalue weighted by molar-refractivity contribution is 8.04. The van der Waals surface area contributed by atoms with Crippen LogP contribution in [0.5, 0.6) is 0 Å². The molecule has 1 fully saturated rings. The van der Waals surface area contributed by atoms with Crippen molar-refractivity contribution in [2.75, 3.05) is 25.0 Å². The van der Waals surface area contributed by atoms with Crippen LogP contribution in [0, 0.1) is 11.8 Å². The minimum absolute atomic E-state index is 0.0412. The lowest BCUT2D eigenvalue weighted by Crippen LogP contribution is -2.42. The van der Waals surface area contributed by atoms with E-state index in [9.17, 15) is 9.59 Å². The molecule has 0 bridgehead atoms. The van der Waals surface area contributed by atoms with Gasteiger partial charge >= 0.3 is 0 Å². The lowest BCUT2D eigenvalue weighted by molar-refractivity contribution is -0.114. The normalized spacial score (nSPS) is 22.9. The van der Waals surface area contributed by atoms with Gasteiger partial charge in [0.25, 0.3) is 11.8 Å². The Bertz CT molecular complexity index is 1030. The number of piperidine rings is 1. The molecule has 2 heterocycles. The molecule has 156 valence electrons. The Morgan fingerprint density at radius 2 is 1.83 bits per heavy atom.